The monoisotopic (exact) mass is 478 g/mol. The number of hydrogen-bond acceptors (Lipinski definition) is 5. The van der Waals surface area contributed by atoms with E-state index >= 15 is 0 Å². The van der Waals surface area contributed by atoms with Gasteiger partial charge in [-0.2, -0.15) is 5.10 Å². The number of carbonyl (C=O) groups excluding carboxylic acids is 3. The molecule has 174 valence electrons. The zero-order chi connectivity index (χ0) is 24.3. The summed E-state index contributed by atoms with van der Waals surface area (Å²) in [7, 11) is 0. The number of anilines is 2. The van der Waals surface area contributed by atoms with Crippen LogP contribution in [-0.4, -0.2) is 30.5 Å². The maximum absolute atomic E-state index is 12.0. The van der Waals surface area contributed by atoms with Crippen LogP contribution in [0.25, 0.3) is 0 Å². The molecule has 0 heterocycles. The van der Waals surface area contributed by atoms with Crippen LogP contribution in [0.2, 0.25) is 5.02 Å². The quantitative estimate of drug-likeness (QED) is 0.258. The van der Waals surface area contributed by atoms with E-state index in [1.807, 2.05) is 19.1 Å². The number of para-hydroxylation sites is 1. The van der Waals surface area contributed by atoms with Gasteiger partial charge in [0.25, 0.3) is 5.91 Å². The Hall–Kier alpha value is -4.17. The molecular formula is C25H23ClN4O4. The predicted molar refractivity (Wildman–Crippen MR) is 132 cm³/mol. The molecule has 0 fully saturated rings. The lowest BCUT2D eigenvalue weighted by atomic mass is 10.1. The summed E-state index contributed by atoms with van der Waals surface area (Å²) in [6.07, 6.45) is 2.27. The van der Waals surface area contributed by atoms with E-state index in [-0.39, 0.29) is 12.5 Å². The van der Waals surface area contributed by atoms with E-state index in [0.717, 1.165) is 12.0 Å². The van der Waals surface area contributed by atoms with Crippen molar-refractivity contribution in [2.45, 2.75) is 13.3 Å². The lowest BCUT2D eigenvalue weighted by Crippen LogP contribution is -2.32. The number of rotatable bonds is 8. The van der Waals surface area contributed by atoms with Crippen molar-refractivity contribution in [2.75, 3.05) is 17.2 Å². The smallest absolute Gasteiger partial charge is 0.329 e. The number of hydrogen-bond donors (Lipinski definition) is 3. The number of nitrogens with zero attached hydrogens (tertiary/aromatic N) is 1. The van der Waals surface area contributed by atoms with Crippen molar-refractivity contribution in [1.82, 2.24) is 5.43 Å². The van der Waals surface area contributed by atoms with Gasteiger partial charge in [0.05, 0.1) is 16.9 Å². The molecule has 0 unspecified atom stereocenters. The van der Waals surface area contributed by atoms with Crippen molar-refractivity contribution >= 4 is 46.9 Å². The van der Waals surface area contributed by atoms with E-state index in [4.69, 9.17) is 16.3 Å². The van der Waals surface area contributed by atoms with Gasteiger partial charge in [-0.25, -0.2) is 5.43 Å². The van der Waals surface area contributed by atoms with E-state index in [1.165, 1.54) is 6.21 Å². The minimum Gasteiger partial charge on any atom is -0.484 e. The maximum Gasteiger partial charge on any atom is 0.329 e. The molecule has 9 heteroatoms. The zero-order valence-corrected chi connectivity index (χ0v) is 19.1. The van der Waals surface area contributed by atoms with E-state index in [1.54, 1.807) is 60.7 Å². The summed E-state index contributed by atoms with van der Waals surface area (Å²) in [6, 6.07) is 20.8. The minimum atomic E-state index is -0.889. The number of amides is 3. The summed E-state index contributed by atoms with van der Waals surface area (Å²) in [5.41, 5.74) is 5.00. The Balaban J connectivity index is 1.43. The third-order valence-corrected chi connectivity index (χ3v) is 4.93. The van der Waals surface area contributed by atoms with E-state index in [0.29, 0.717) is 27.7 Å². The molecule has 0 bridgehead atoms. The van der Waals surface area contributed by atoms with Crippen LogP contribution < -0.4 is 20.8 Å². The SMILES string of the molecule is CCc1ccc(NC(=O)C(=O)N/N=C\c2ccc(OCC(=O)Nc3ccccc3Cl)cc2)cc1. The molecule has 0 radical (unpaired) electrons. The van der Waals surface area contributed by atoms with Gasteiger partial charge in [-0.15, -0.1) is 0 Å². The third kappa shape index (κ3) is 7.46. The Morgan fingerprint density at radius 1 is 0.912 bits per heavy atom. The molecule has 8 nitrogen and oxygen atoms in total. The van der Waals surface area contributed by atoms with Gasteiger partial charge in [-0.05, 0) is 66.1 Å². The van der Waals surface area contributed by atoms with Crippen LogP contribution >= 0.6 is 11.6 Å². The van der Waals surface area contributed by atoms with Crippen molar-refractivity contribution in [3.8, 4) is 5.75 Å². The summed E-state index contributed by atoms with van der Waals surface area (Å²) < 4.78 is 5.46. The van der Waals surface area contributed by atoms with Crippen molar-refractivity contribution < 1.29 is 19.1 Å². The van der Waals surface area contributed by atoms with Gasteiger partial charge in [0, 0.05) is 5.69 Å². The van der Waals surface area contributed by atoms with Crippen LogP contribution in [0.5, 0.6) is 5.75 Å². The topological polar surface area (TPSA) is 109 Å². The first-order valence-corrected chi connectivity index (χ1v) is 10.8. The summed E-state index contributed by atoms with van der Waals surface area (Å²) in [4.78, 5) is 35.9. The van der Waals surface area contributed by atoms with Crippen molar-refractivity contribution in [3.05, 3.63) is 88.9 Å². The van der Waals surface area contributed by atoms with Crippen LogP contribution in [0.15, 0.2) is 77.9 Å². The number of halogens is 1. The van der Waals surface area contributed by atoms with Crippen LogP contribution in [0.4, 0.5) is 11.4 Å². The molecule has 0 saturated heterocycles. The average Bonchev–Trinajstić information content (AvgIpc) is 2.85. The maximum atomic E-state index is 12.0. The highest BCUT2D eigenvalue weighted by Gasteiger charge is 2.12. The molecule has 0 saturated carbocycles. The standard InChI is InChI=1S/C25H23ClN4O4/c1-2-17-7-11-19(12-8-17)28-24(32)25(33)30-27-15-18-9-13-20(14-10-18)34-16-23(31)29-22-6-4-3-5-21(22)26/h3-15H,2,16H2,1H3,(H,28,32)(H,29,31)(H,30,33)/b27-15-. The molecule has 0 aliphatic heterocycles. The second kappa shape index (κ2) is 12.2. The Bertz CT molecular complexity index is 1180. The highest BCUT2D eigenvalue weighted by Crippen LogP contribution is 2.20. The van der Waals surface area contributed by atoms with Crippen LogP contribution in [0.1, 0.15) is 18.1 Å². The van der Waals surface area contributed by atoms with Crippen molar-refractivity contribution in [2.24, 2.45) is 5.10 Å². The first-order chi connectivity index (χ1) is 16.4. The second-order valence-corrected chi connectivity index (χ2v) is 7.50. The molecule has 0 aromatic heterocycles. The van der Waals surface area contributed by atoms with Gasteiger partial charge in [-0.1, -0.05) is 42.8 Å². The normalized spacial score (nSPS) is 10.5. The van der Waals surface area contributed by atoms with Crippen molar-refractivity contribution in [1.29, 1.82) is 0 Å². The summed E-state index contributed by atoms with van der Waals surface area (Å²) in [5, 5.41) is 9.41. The molecule has 3 rings (SSSR count). The molecule has 0 aliphatic rings. The lowest BCUT2D eigenvalue weighted by Gasteiger charge is -2.08. The van der Waals surface area contributed by atoms with Gasteiger partial charge in [-0.3, -0.25) is 14.4 Å². The number of ether oxygens (including phenoxy) is 1. The van der Waals surface area contributed by atoms with Gasteiger partial charge in [0.2, 0.25) is 0 Å². The highest BCUT2D eigenvalue weighted by atomic mass is 35.5. The predicted octanol–water partition coefficient (Wildman–Crippen LogP) is 4.01. The average molecular weight is 479 g/mol. The van der Waals surface area contributed by atoms with Crippen molar-refractivity contribution in [3.63, 3.8) is 0 Å². The number of aryl methyl sites for hydroxylation is 1. The van der Waals surface area contributed by atoms with Crippen LogP contribution in [0, 0.1) is 0 Å². The summed E-state index contributed by atoms with van der Waals surface area (Å²) in [6.45, 7) is 1.84. The molecular weight excluding hydrogens is 456 g/mol. The molecule has 0 aliphatic carbocycles. The van der Waals surface area contributed by atoms with Gasteiger partial charge >= 0.3 is 11.8 Å². The molecule has 0 atom stereocenters. The first-order valence-electron chi connectivity index (χ1n) is 10.4. The fourth-order valence-corrected chi connectivity index (χ4v) is 2.96. The molecule has 34 heavy (non-hydrogen) atoms. The van der Waals surface area contributed by atoms with Gasteiger partial charge < -0.3 is 15.4 Å². The molecule has 3 amide bonds. The lowest BCUT2D eigenvalue weighted by molar-refractivity contribution is -0.136. The zero-order valence-electron chi connectivity index (χ0n) is 18.4. The second-order valence-electron chi connectivity index (χ2n) is 7.09. The molecule has 3 N–H and O–H groups in total. The largest absolute Gasteiger partial charge is 0.484 e. The number of benzene rings is 3. The highest BCUT2D eigenvalue weighted by molar-refractivity contribution is 6.39. The fourth-order valence-electron chi connectivity index (χ4n) is 2.78. The number of hydrazone groups is 1. The van der Waals surface area contributed by atoms with E-state index in [9.17, 15) is 14.4 Å². The van der Waals surface area contributed by atoms with E-state index < -0.39 is 11.8 Å². The Kier molecular flexibility index (Phi) is 8.76. The van der Waals surface area contributed by atoms with Gasteiger partial charge in [0.1, 0.15) is 5.75 Å². The molecule has 3 aromatic carbocycles. The van der Waals surface area contributed by atoms with Crippen LogP contribution in [0.3, 0.4) is 0 Å². The van der Waals surface area contributed by atoms with Gasteiger partial charge in [0.15, 0.2) is 6.61 Å². The Morgan fingerprint density at radius 3 is 2.29 bits per heavy atom. The van der Waals surface area contributed by atoms with Crippen LogP contribution in [-0.2, 0) is 20.8 Å². The van der Waals surface area contributed by atoms with E-state index in [2.05, 4.69) is 21.2 Å². The third-order valence-electron chi connectivity index (χ3n) is 4.60. The number of carbonyl (C=O) groups is 3. The minimum absolute atomic E-state index is 0.189. The first kappa shape index (κ1) is 24.5. The fraction of sp³-hybridized carbons (Fsp3) is 0.120. The molecule has 3 aromatic rings. The Labute approximate surface area is 202 Å². The Morgan fingerprint density at radius 2 is 1.62 bits per heavy atom. The molecule has 0 spiro atoms. The summed E-state index contributed by atoms with van der Waals surface area (Å²) in [5.74, 6) is -1.58. The summed E-state index contributed by atoms with van der Waals surface area (Å²) >= 11 is 6.01. The number of nitrogens with one attached hydrogen (secondary N) is 3.